The Morgan fingerprint density at radius 2 is 2.00 bits per heavy atom. The lowest BCUT2D eigenvalue weighted by molar-refractivity contribution is 0.414. The van der Waals surface area contributed by atoms with Gasteiger partial charge in [0.05, 0.1) is 12.5 Å². The standard InChI is InChI=1S/C10H11NO.C9H7NO/c1-12-9-4-5-10-8(7-9)3-2-6-11-10;11-9-5-6-10-8-4-2-1-3-7(8)9/h3-5,7H,2,6H2,1H3;1-6H,(H,10,11). The van der Waals surface area contributed by atoms with Crippen LogP contribution in [0.3, 0.4) is 0 Å². The highest BCUT2D eigenvalue weighted by Crippen LogP contribution is 2.03. The van der Waals surface area contributed by atoms with Gasteiger partial charge < -0.3 is 9.72 Å². The summed E-state index contributed by atoms with van der Waals surface area (Å²) in [6.45, 7) is 0.916. The average Bonchev–Trinajstić information content (AvgIpc) is 2.62. The lowest BCUT2D eigenvalue weighted by Crippen LogP contribution is -2.27. The van der Waals surface area contributed by atoms with Crippen molar-refractivity contribution in [1.29, 1.82) is 0 Å². The molecule has 4 nitrogen and oxygen atoms in total. The first-order valence-corrected chi connectivity index (χ1v) is 7.53. The number of aromatic nitrogens is 1. The molecule has 1 aliphatic rings. The zero-order chi connectivity index (χ0) is 16.1. The van der Waals surface area contributed by atoms with Gasteiger partial charge in [0.15, 0.2) is 5.43 Å². The Morgan fingerprint density at radius 1 is 1.13 bits per heavy atom. The second kappa shape index (κ2) is 6.92. The molecule has 0 bridgehead atoms. The number of para-hydroxylation sites is 1. The number of pyridine rings is 1. The lowest BCUT2D eigenvalue weighted by Gasteiger charge is -2.01. The smallest absolute Gasteiger partial charge is 0.189 e. The third kappa shape index (κ3) is 3.48. The normalized spacial score (nSPS) is 12.2. The minimum atomic E-state index is 0.0688. The average molecular weight is 306 g/mol. The number of nitrogens with one attached hydrogen (secondary N) is 1. The van der Waals surface area contributed by atoms with E-state index in [1.165, 1.54) is 11.3 Å². The van der Waals surface area contributed by atoms with Crippen molar-refractivity contribution in [3.8, 4) is 5.75 Å². The van der Waals surface area contributed by atoms with Gasteiger partial charge in [0.1, 0.15) is 5.75 Å². The van der Waals surface area contributed by atoms with Crippen LogP contribution in [0.15, 0.2) is 64.5 Å². The fraction of sp³-hybridized carbons (Fsp3) is 0.158. The minimum Gasteiger partial charge on any atom is -0.497 e. The number of hydrogen-bond donors (Lipinski definition) is 1. The zero-order valence-electron chi connectivity index (χ0n) is 13.0. The molecule has 3 aromatic rings. The first-order valence-electron chi connectivity index (χ1n) is 7.53. The Bertz CT molecular complexity index is 985. The van der Waals surface area contributed by atoms with E-state index in [0.29, 0.717) is 0 Å². The van der Waals surface area contributed by atoms with Crippen molar-refractivity contribution in [2.45, 2.75) is 6.42 Å². The summed E-state index contributed by atoms with van der Waals surface area (Å²) < 4.78 is 5.12. The van der Waals surface area contributed by atoms with E-state index < -0.39 is 0 Å². The highest BCUT2D eigenvalue weighted by Gasteiger charge is 1.95. The van der Waals surface area contributed by atoms with Gasteiger partial charge in [-0.3, -0.25) is 9.79 Å². The second-order valence-electron chi connectivity index (χ2n) is 5.19. The van der Waals surface area contributed by atoms with Gasteiger partial charge in [-0.05, 0) is 42.0 Å². The van der Waals surface area contributed by atoms with E-state index in [0.717, 1.165) is 35.0 Å². The van der Waals surface area contributed by atoms with Crippen LogP contribution in [-0.4, -0.2) is 18.6 Å². The predicted molar refractivity (Wildman–Crippen MR) is 92.3 cm³/mol. The van der Waals surface area contributed by atoms with Crippen molar-refractivity contribution in [2.24, 2.45) is 4.99 Å². The van der Waals surface area contributed by atoms with Crippen LogP contribution in [0.2, 0.25) is 0 Å². The molecule has 0 radical (unpaired) electrons. The number of hydrogen-bond acceptors (Lipinski definition) is 3. The topological polar surface area (TPSA) is 54.4 Å². The number of rotatable bonds is 1. The van der Waals surface area contributed by atoms with Gasteiger partial charge >= 0.3 is 0 Å². The third-order valence-electron chi connectivity index (χ3n) is 3.68. The van der Waals surface area contributed by atoms with Crippen molar-refractivity contribution in [2.75, 3.05) is 13.7 Å². The number of benzene rings is 2. The molecule has 4 rings (SSSR count). The van der Waals surface area contributed by atoms with Gasteiger partial charge in [-0.1, -0.05) is 18.2 Å². The molecule has 2 aromatic carbocycles. The van der Waals surface area contributed by atoms with Crippen molar-refractivity contribution < 1.29 is 4.74 Å². The van der Waals surface area contributed by atoms with Crippen LogP contribution in [0.1, 0.15) is 6.42 Å². The van der Waals surface area contributed by atoms with Crippen LogP contribution < -0.4 is 20.7 Å². The number of fused-ring (bicyclic) bond motifs is 2. The van der Waals surface area contributed by atoms with E-state index in [4.69, 9.17) is 4.74 Å². The Kier molecular flexibility index (Phi) is 4.52. The van der Waals surface area contributed by atoms with Gasteiger partial charge in [-0.15, -0.1) is 0 Å². The Hall–Kier alpha value is -2.88. The molecule has 1 aromatic heterocycles. The van der Waals surface area contributed by atoms with E-state index in [9.17, 15) is 4.79 Å². The molecule has 0 saturated heterocycles. The van der Waals surface area contributed by atoms with Gasteiger partial charge in [0.25, 0.3) is 0 Å². The zero-order valence-corrected chi connectivity index (χ0v) is 13.0. The summed E-state index contributed by atoms with van der Waals surface area (Å²) in [5.41, 5.74) is 0.958. The van der Waals surface area contributed by atoms with Crippen LogP contribution in [-0.2, 0) is 0 Å². The van der Waals surface area contributed by atoms with Gasteiger partial charge in [-0.2, -0.15) is 0 Å². The molecule has 4 heteroatoms. The predicted octanol–water partition coefficient (Wildman–Crippen LogP) is 2.03. The number of methoxy groups -OCH3 is 1. The van der Waals surface area contributed by atoms with Crippen LogP contribution in [0.5, 0.6) is 5.75 Å². The minimum absolute atomic E-state index is 0.0688. The van der Waals surface area contributed by atoms with E-state index in [1.54, 1.807) is 13.3 Å². The summed E-state index contributed by atoms with van der Waals surface area (Å²) in [5.74, 6) is 0.905. The molecule has 1 aliphatic heterocycles. The maximum absolute atomic E-state index is 11.2. The second-order valence-corrected chi connectivity index (χ2v) is 5.19. The van der Waals surface area contributed by atoms with E-state index in [1.807, 2.05) is 42.5 Å². The first-order chi connectivity index (χ1) is 11.3. The van der Waals surface area contributed by atoms with Crippen LogP contribution in [0, 0.1) is 0 Å². The Morgan fingerprint density at radius 3 is 2.83 bits per heavy atom. The highest BCUT2D eigenvalue weighted by molar-refractivity contribution is 5.77. The summed E-state index contributed by atoms with van der Waals surface area (Å²) in [6.07, 6.45) is 4.90. The lowest BCUT2D eigenvalue weighted by atomic mass is 10.2. The summed E-state index contributed by atoms with van der Waals surface area (Å²) >= 11 is 0. The number of aromatic amines is 1. The molecule has 0 atom stereocenters. The number of nitrogens with zero attached hydrogens (tertiary/aromatic N) is 1. The van der Waals surface area contributed by atoms with E-state index in [-0.39, 0.29) is 5.43 Å². The van der Waals surface area contributed by atoms with E-state index in [2.05, 4.69) is 16.1 Å². The van der Waals surface area contributed by atoms with Crippen molar-refractivity contribution >= 4 is 17.0 Å². The van der Waals surface area contributed by atoms with E-state index >= 15 is 0 Å². The number of ether oxygens (including phenoxy) is 1. The molecule has 2 heterocycles. The maximum Gasteiger partial charge on any atom is 0.189 e. The molecule has 0 aliphatic carbocycles. The highest BCUT2D eigenvalue weighted by atomic mass is 16.5. The summed E-state index contributed by atoms with van der Waals surface area (Å²) in [4.78, 5) is 18.5. The molecule has 0 spiro atoms. The van der Waals surface area contributed by atoms with Crippen molar-refractivity contribution in [1.82, 2.24) is 4.98 Å². The summed E-state index contributed by atoms with van der Waals surface area (Å²) in [7, 11) is 1.68. The van der Waals surface area contributed by atoms with Gasteiger partial charge in [-0.25, -0.2) is 0 Å². The monoisotopic (exact) mass is 306 g/mol. The fourth-order valence-electron chi connectivity index (χ4n) is 2.49. The largest absolute Gasteiger partial charge is 0.497 e. The van der Waals surface area contributed by atoms with Gasteiger partial charge in [0.2, 0.25) is 0 Å². The third-order valence-corrected chi connectivity index (χ3v) is 3.68. The molecule has 0 saturated carbocycles. The van der Waals surface area contributed by atoms with Crippen LogP contribution in [0.25, 0.3) is 17.0 Å². The maximum atomic E-state index is 11.2. The summed E-state index contributed by atoms with van der Waals surface area (Å²) in [5, 5.41) is 3.03. The first kappa shape index (κ1) is 15.0. The molecule has 116 valence electrons. The van der Waals surface area contributed by atoms with Crippen molar-refractivity contribution in [3.63, 3.8) is 0 Å². The quantitative estimate of drug-likeness (QED) is 0.748. The fourth-order valence-corrected chi connectivity index (χ4v) is 2.49. The van der Waals surface area contributed by atoms with Crippen molar-refractivity contribution in [3.05, 3.63) is 75.5 Å². The molecular weight excluding hydrogens is 288 g/mol. The SMILES string of the molecule is COc1ccc2c(c1)=CCCN=2.O=c1cc[nH]c2ccccc12. The molecule has 1 N–H and O–H groups in total. The molecule has 23 heavy (non-hydrogen) atoms. The molecule has 0 amide bonds. The number of H-pyrrole nitrogens is 1. The Balaban J connectivity index is 0.000000136. The Labute approximate surface area is 133 Å². The van der Waals surface area contributed by atoms with Crippen LogP contribution in [0.4, 0.5) is 0 Å². The summed E-state index contributed by atoms with van der Waals surface area (Å²) in [6, 6.07) is 15.0. The van der Waals surface area contributed by atoms with Crippen LogP contribution >= 0.6 is 0 Å². The molecule has 0 unspecified atom stereocenters. The molecular formula is C19H18N2O2. The van der Waals surface area contributed by atoms with Gasteiger partial charge in [0, 0.05) is 29.7 Å². The molecule has 0 fully saturated rings.